The SMILES string of the molecule is CCCCCCCCCCCCCC/C=C/C=C/OS(=O)(=O)O.[Na+]. The van der Waals surface area contributed by atoms with Gasteiger partial charge in [-0.05, 0) is 18.9 Å². The van der Waals surface area contributed by atoms with E-state index in [4.69, 9.17) is 4.55 Å². The van der Waals surface area contributed by atoms with Gasteiger partial charge >= 0.3 is 40.0 Å². The first-order chi connectivity index (χ1) is 11.1. The Bertz CT molecular complexity index is 405. The van der Waals surface area contributed by atoms with Crippen LogP contribution >= 0.6 is 0 Å². The third-order valence-electron chi connectivity index (χ3n) is 3.73. The molecule has 1 N–H and O–H groups in total. The van der Waals surface area contributed by atoms with Gasteiger partial charge in [-0.1, -0.05) is 89.7 Å². The van der Waals surface area contributed by atoms with Crippen molar-refractivity contribution in [3.8, 4) is 0 Å². The zero-order valence-electron chi connectivity index (χ0n) is 15.6. The van der Waals surface area contributed by atoms with Crippen molar-refractivity contribution in [3.63, 3.8) is 0 Å². The van der Waals surface area contributed by atoms with Gasteiger partial charge in [-0.15, -0.1) is 0 Å². The Balaban J connectivity index is 0. The minimum absolute atomic E-state index is 0. The third-order valence-corrected chi connectivity index (χ3v) is 4.08. The van der Waals surface area contributed by atoms with Gasteiger partial charge in [0.1, 0.15) is 6.26 Å². The predicted octanol–water partition coefficient (Wildman–Crippen LogP) is 2.97. The van der Waals surface area contributed by atoms with E-state index in [0.29, 0.717) is 0 Å². The molecule has 0 aliphatic heterocycles. The van der Waals surface area contributed by atoms with Crippen LogP contribution in [0.3, 0.4) is 0 Å². The standard InChI is InChI=1S/C18H34O4S.Na/c1-2-3-4-5-6-7-8-9-10-11-12-13-14-15-16-17-18-22-23(19,20)21;/h15-18H,2-14H2,1H3,(H,19,20,21);/q;+1/b16-15+,18-17+;. The molecule has 0 aliphatic carbocycles. The first kappa shape index (κ1) is 26.4. The summed E-state index contributed by atoms with van der Waals surface area (Å²) in [4.78, 5) is 0. The van der Waals surface area contributed by atoms with E-state index in [1.165, 1.54) is 76.7 Å². The van der Waals surface area contributed by atoms with Gasteiger partial charge in [0, 0.05) is 0 Å². The first-order valence-electron chi connectivity index (χ1n) is 9.03. The van der Waals surface area contributed by atoms with Gasteiger partial charge in [-0.25, -0.2) is 0 Å². The van der Waals surface area contributed by atoms with E-state index in [2.05, 4.69) is 11.1 Å². The fraction of sp³-hybridized carbons (Fsp3) is 0.778. The average Bonchev–Trinajstić information content (AvgIpc) is 2.49. The molecule has 4 nitrogen and oxygen atoms in total. The van der Waals surface area contributed by atoms with Crippen LogP contribution in [0.2, 0.25) is 0 Å². The molecule has 0 rings (SSSR count). The molecule has 0 heterocycles. The van der Waals surface area contributed by atoms with Crippen LogP contribution in [0.5, 0.6) is 0 Å². The van der Waals surface area contributed by atoms with Crippen molar-refractivity contribution in [1.82, 2.24) is 0 Å². The van der Waals surface area contributed by atoms with E-state index in [9.17, 15) is 8.42 Å². The van der Waals surface area contributed by atoms with E-state index in [1.54, 1.807) is 6.08 Å². The molecule has 0 atom stereocenters. The first-order valence-corrected chi connectivity index (χ1v) is 10.4. The van der Waals surface area contributed by atoms with Gasteiger partial charge in [0.05, 0.1) is 0 Å². The Morgan fingerprint density at radius 1 is 0.792 bits per heavy atom. The summed E-state index contributed by atoms with van der Waals surface area (Å²) in [5.41, 5.74) is 0. The monoisotopic (exact) mass is 369 g/mol. The van der Waals surface area contributed by atoms with Crippen LogP contribution in [0.4, 0.5) is 0 Å². The molecule has 0 radical (unpaired) electrons. The third kappa shape index (κ3) is 24.4. The topological polar surface area (TPSA) is 63.6 Å². The second kappa shape index (κ2) is 19.5. The second-order valence-electron chi connectivity index (χ2n) is 5.96. The minimum Gasteiger partial charge on any atom is -0.370 e. The summed E-state index contributed by atoms with van der Waals surface area (Å²) in [5, 5.41) is 0. The zero-order chi connectivity index (χ0) is 17.2. The summed E-state index contributed by atoms with van der Waals surface area (Å²) in [6.45, 7) is 2.25. The quantitative estimate of drug-likeness (QED) is 0.149. The molecule has 0 aromatic rings. The largest absolute Gasteiger partial charge is 1.00 e. The molecule has 136 valence electrons. The number of rotatable bonds is 16. The molecule has 24 heavy (non-hydrogen) atoms. The summed E-state index contributed by atoms with van der Waals surface area (Å²) in [6.07, 6.45) is 23.2. The number of hydrogen-bond donors (Lipinski definition) is 1. The summed E-state index contributed by atoms with van der Waals surface area (Å²) in [6, 6.07) is 0. The molecule has 0 unspecified atom stereocenters. The van der Waals surface area contributed by atoms with Crippen molar-refractivity contribution in [2.75, 3.05) is 0 Å². The molecule has 0 saturated heterocycles. The van der Waals surface area contributed by atoms with Gasteiger partial charge < -0.3 is 4.18 Å². The van der Waals surface area contributed by atoms with Crippen LogP contribution in [0.1, 0.15) is 90.4 Å². The molecular formula is C18H34NaO4S+. The normalized spacial score (nSPS) is 11.9. The second-order valence-corrected chi connectivity index (χ2v) is 7.01. The van der Waals surface area contributed by atoms with Crippen LogP contribution in [0.25, 0.3) is 0 Å². The van der Waals surface area contributed by atoms with Crippen molar-refractivity contribution >= 4 is 10.4 Å². The Kier molecular flexibility index (Phi) is 21.5. The van der Waals surface area contributed by atoms with Gasteiger partial charge in [-0.2, -0.15) is 8.42 Å². The number of unbranched alkanes of at least 4 members (excludes halogenated alkanes) is 12. The number of allylic oxidation sites excluding steroid dienone is 3. The Morgan fingerprint density at radius 2 is 1.25 bits per heavy atom. The van der Waals surface area contributed by atoms with Crippen LogP contribution in [0.15, 0.2) is 24.5 Å². The minimum atomic E-state index is -4.37. The van der Waals surface area contributed by atoms with E-state index in [1.807, 2.05) is 6.08 Å². The van der Waals surface area contributed by atoms with E-state index >= 15 is 0 Å². The average molecular weight is 370 g/mol. The molecule has 0 aromatic heterocycles. The van der Waals surface area contributed by atoms with Crippen molar-refractivity contribution in [2.24, 2.45) is 0 Å². The predicted molar refractivity (Wildman–Crippen MR) is 96.6 cm³/mol. The number of hydrogen-bond acceptors (Lipinski definition) is 3. The van der Waals surface area contributed by atoms with Gasteiger partial charge in [0.15, 0.2) is 0 Å². The molecular weight excluding hydrogens is 335 g/mol. The van der Waals surface area contributed by atoms with Crippen molar-refractivity contribution < 1.29 is 46.7 Å². The molecule has 0 aliphatic rings. The summed E-state index contributed by atoms with van der Waals surface area (Å²) in [7, 11) is -4.37. The van der Waals surface area contributed by atoms with Crippen molar-refractivity contribution in [1.29, 1.82) is 0 Å². The fourth-order valence-electron chi connectivity index (χ4n) is 2.43. The summed E-state index contributed by atoms with van der Waals surface area (Å²) < 4.78 is 32.9. The molecule has 0 spiro atoms. The Morgan fingerprint density at radius 3 is 1.71 bits per heavy atom. The van der Waals surface area contributed by atoms with E-state index < -0.39 is 10.4 Å². The molecule has 0 bridgehead atoms. The maximum Gasteiger partial charge on any atom is 1.00 e. The summed E-state index contributed by atoms with van der Waals surface area (Å²) >= 11 is 0. The zero-order valence-corrected chi connectivity index (χ0v) is 18.4. The van der Waals surface area contributed by atoms with Crippen LogP contribution < -0.4 is 29.6 Å². The van der Waals surface area contributed by atoms with Gasteiger partial charge in [0.2, 0.25) is 0 Å². The van der Waals surface area contributed by atoms with Crippen LogP contribution in [0, 0.1) is 0 Å². The van der Waals surface area contributed by atoms with Crippen LogP contribution in [-0.4, -0.2) is 13.0 Å². The summed E-state index contributed by atoms with van der Waals surface area (Å²) in [5.74, 6) is 0. The molecule has 0 amide bonds. The van der Waals surface area contributed by atoms with Crippen molar-refractivity contribution in [3.05, 3.63) is 24.5 Å². The van der Waals surface area contributed by atoms with Crippen molar-refractivity contribution in [2.45, 2.75) is 90.4 Å². The maximum absolute atomic E-state index is 10.2. The molecule has 0 fully saturated rings. The van der Waals surface area contributed by atoms with E-state index in [0.717, 1.165) is 19.1 Å². The molecule has 6 heteroatoms. The fourth-order valence-corrected chi connectivity index (χ4v) is 2.63. The smallest absolute Gasteiger partial charge is 0.370 e. The van der Waals surface area contributed by atoms with E-state index in [-0.39, 0.29) is 29.6 Å². The molecule has 0 saturated carbocycles. The Hall–Kier alpha value is 0.190. The maximum atomic E-state index is 10.2. The van der Waals surface area contributed by atoms with Gasteiger partial charge in [0.25, 0.3) is 0 Å². The van der Waals surface area contributed by atoms with Crippen LogP contribution in [-0.2, 0) is 14.6 Å². The molecule has 0 aromatic carbocycles. The van der Waals surface area contributed by atoms with Gasteiger partial charge in [-0.3, -0.25) is 4.55 Å². The Labute approximate surface area is 171 Å².